The van der Waals surface area contributed by atoms with Gasteiger partial charge in [0, 0.05) is 18.8 Å². The summed E-state index contributed by atoms with van der Waals surface area (Å²) < 4.78 is 0. The fourth-order valence-electron chi connectivity index (χ4n) is 3.47. The molecule has 0 radical (unpaired) electrons. The minimum absolute atomic E-state index is 0.664. The molecule has 2 nitrogen and oxygen atoms in total. The number of anilines is 1. The van der Waals surface area contributed by atoms with Gasteiger partial charge in [0.05, 0.1) is 0 Å². The lowest BCUT2D eigenvalue weighted by Crippen LogP contribution is -2.46. The van der Waals surface area contributed by atoms with E-state index in [-0.39, 0.29) is 0 Å². The third kappa shape index (κ3) is 2.39. The predicted octanol–water partition coefficient (Wildman–Crippen LogP) is 3.00. The molecule has 0 aromatic heterocycles. The summed E-state index contributed by atoms with van der Waals surface area (Å²) in [6.45, 7) is 5.08. The second-order valence-corrected chi connectivity index (χ2v) is 6.13. The van der Waals surface area contributed by atoms with Gasteiger partial charge in [-0.15, -0.1) is 0 Å². The van der Waals surface area contributed by atoms with E-state index in [4.69, 9.17) is 0 Å². The summed E-state index contributed by atoms with van der Waals surface area (Å²) in [5.74, 6) is 0. The summed E-state index contributed by atoms with van der Waals surface area (Å²) in [6.07, 6.45) is 5.59. The summed E-state index contributed by atoms with van der Waals surface area (Å²) in [6, 6.07) is 10.9. The van der Waals surface area contributed by atoms with Crippen LogP contribution in [0.15, 0.2) is 30.3 Å². The van der Waals surface area contributed by atoms with Crippen LogP contribution in [0.25, 0.3) is 0 Å². The Kier molecular flexibility index (Phi) is 3.29. The highest BCUT2D eigenvalue weighted by molar-refractivity contribution is 5.46. The van der Waals surface area contributed by atoms with Crippen LogP contribution in [0.5, 0.6) is 0 Å². The van der Waals surface area contributed by atoms with E-state index in [0.29, 0.717) is 5.41 Å². The second-order valence-electron chi connectivity index (χ2n) is 6.13. The van der Waals surface area contributed by atoms with Gasteiger partial charge in [0.15, 0.2) is 0 Å². The van der Waals surface area contributed by atoms with E-state index in [1.54, 1.807) is 0 Å². The molecular formula is C16H24N2. The maximum Gasteiger partial charge on any atom is 0.0366 e. The van der Waals surface area contributed by atoms with Crippen LogP contribution in [0.2, 0.25) is 0 Å². The number of para-hydroxylation sites is 1. The number of likely N-dealkylation sites (tertiary alicyclic amines) is 1. The maximum absolute atomic E-state index is 2.56. The first-order valence-electron chi connectivity index (χ1n) is 7.26. The molecule has 0 N–H and O–H groups in total. The third-order valence-electron chi connectivity index (χ3n) is 4.99. The molecule has 0 bridgehead atoms. The topological polar surface area (TPSA) is 6.48 Å². The smallest absolute Gasteiger partial charge is 0.0366 e. The van der Waals surface area contributed by atoms with Gasteiger partial charge in [-0.1, -0.05) is 18.2 Å². The Hall–Kier alpha value is -1.02. The molecule has 0 saturated carbocycles. The van der Waals surface area contributed by atoms with Gasteiger partial charge in [0.25, 0.3) is 0 Å². The summed E-state index contributed by atoms with van der Waals surface area (Å²) in [4.78, 5) is 5.04. The molecule has 0 unspecified atom stereocenters. The van der Waals surface area contributed by atoms with E-state index >= 15 is 0 Å². The highest BCUT2D eigenvalue weighted by atomic mass is 15.1. The first kappa shape index (κ1) is 12.0. The van der Waals surface area contributed by atoms with Crippen molar-refractivity contribution in [2.75, 3.05) is 38.1 Å². The summed E-state index contributed by atoms with van der Waals surface area (Å²) >= 11 is 0. The molecule has 2 saturated heterocycles. The number of hydrogen-bond acceptors (Lipinski definition) is 2. The molecule has 2 aliphatic heterocycles. The molecule has 2 heteroatoms. The van der Waals surface area contributed by atoms with Crippen molar-refractivity contribution in [1.82, 2.24) is 4.90 Å². The number of piperidine rings is 2. The molecular weight excluding hydrogens is 220 g/mol. The van der Waals surface area contributed by atoms with Crippen LogP contribution in [0.1, 0.15) is 25.7 Å². The van der Waals surface area contributed by atoms with Crippen LogP contribution in [0.4, 0.5) is 5.69 Å². The van der Waals surface area contributed by atoms with Crippen LogP contribution < -0.4 is 4.90 Å². The lowest BCUT2D eigenvalue weighted by Gasteiger charge is -2.46. The molecule has 1 spiro atoms. The standard InChI is InChI=1S/C16H24N2/c1-17-11-7-16(8-12-17)9-13-18(14-10-16)15-5-3-2-4-6-15/h2-6H,7-14H2,1H3. The first-order chi connectivity index (χ1) is 8.77. The second kappa shape index (κ2) is 4.93. The minimum Gasteiger partial charge on any atom is -0.371 e. The Balaban J connectivity index is 1.61. The molecule has 1 aromatic carbocycles. The van der Waals surface area contributed by atoms with E-state index in [1.165, 1.54) is 57.5 Å². The average molecular weight is 244 g/mol. The molecule has 2 fully saturated rings. The van der Waals surface area contributed by atoms with Crippen LogP contribution in [-0.2, 0) is 0 Å². The molecule has 18 heavy (non-hydrogen) atoms. The van der Waals surface area contributed by atoms with Crippen molar-refractivity contribution < 1.29 is 0 Å². The van der Waals surface area contributed by atoms with Crippen molar-refractivity contribution in [1.29, 1.82) is 0 Å². The zero-order chi connectivity index (χ0) is 12.4. The third-order valence-corrected chi connectivity index (χ3v) is 4.99. The van der Waals surface area contributed by atoms with E-state index in [1.807, 2.05) is 0 Å². The van der Waals surface area contributed by atoms with E-state index in [0.717, 1.165) is 0 Å². The number of benzene rings is 1. The molecule has 0 aliphatic carbocycles. The van der Waals surface area contributed by atoms with Gasteiger partial charge in [-0.2, -0.15) is 0 Å². The summed E-state index contributed by atoms with van der Waals surface area (Å²) in [5, 5.41) is 0. The van der Waals surface area contributed by atoms with Gasteiger partial charge in [0.1, 0.15) is 0 Å². The Morgan fingerprint density at radius 3 is 2.00 bits per heavy atom. The summed E-state index contributed by atoms with van der Waals surface area (Å²) in [5.41, 5.74) is 2.07. The summed E-state index contributed by atoms with van der Waals surface area (Å²) in [7, 11) is 2.26. The number of nitrogens with zero attached hydrogens (tertiary/aromatic N) is 2. The molecule has 2 heterocycles. The number of rotatable bonds is 1. The normalized spacial score (nSPS) is 24.4. The van der Waals surface area contributed by atoms with Gasteiger partial charge >= 0.3 is 0 Å². The van der Waals surface area contributed by atoms with Crippen molar-refractivity contribution in [3.05, 3.63) is 30.3 Å². The van der Waals surface area contributed by atoms with Crippen molar-refractivity contribution in [3.63, 3.8) is 0 Å². The van der Waals surface area contributed by atoms with Gasteiger partial charge in [0.2, 0.25) is 0 Å². The van der Waals surface area contributed by atoms with E-state index < -0.39 is 0 Å². The van der Waals surface area contributed by atoms with E-state index in [9.17, 15) is 0 Å². The molecule has 98 valence electrons. The average Bonchev–Trinajstić information content (AvgIpc) is 2.44. The van der Waals surface area contributed by atoms with E-state index in [2.05, 4.69) is 47.2 Å². The predicted molar refractivity (Wildman–Crippen MR) is 77.1 cm³/mol. The fraction of sp³-hybridized carbons (Fsp3) is 0.625. The Labute approximate surface area is 111 Å². The first-order valence-corrected chi connectivity index (χ1v) is 7.26. The molecule has 3 rings (SSSR count). The highest BCUT2D eigenvalue weighted by Crippen LogP contribution is 2.41. The molecule has 0 atom stereocenters. The van der Waals surface area contributed by atoms with Crippen LogP contribution in [-0.4, -0.2) is 38.1 Å². The van der Waals surface area contributed by atoms with Crippen LogP contribution >= 0.6 is 0 Å². The monoisotopic (exact) mass is 244 g/mol. The molecule has 0 amide bonds. The Morgan fingerprint density at radius 2 is 1.39 bits per heavy atom. The fourth-order valence-corrected chi connectivity index (χ4v) is 3.47. The van der Waals surface area contributed by atoms with Crippen molar-refractivity contribution >= 4 is 5.69 Å². The van der Waals surface area contributed by atoms with Crippen molar-refractivity contribution in [2.45, 2.75) is 25.7 Å². The minimum atomic E-state index is 0.664. The van der Waals surface area contributed by atoms with Gasteiger partial charge in [-0.05, 0) is 63.4 Å². The highest BCUT2D eigenvalue weighted by Gasteiger charge is 2.36. The Morgan fingerprint density at radius 1 is 0.833 bits per heavy atom. The maximum atomic E-state index is 2.56. The molecule has 2 aliphatic rings. The largest absolute Gasteiger partial charge is 0.371 e. The van der Waals surface area contributed by atoms with Crippen LogP contribution in [0, 0.1) is 5.41 Å². The zero-order valence-electron chi connectivity index (χ0n) is 11.4. The van der Waals surface area contributed by atoms with Gasteiger partial charge in [-0.25, -0.2) is 0 Å². The van der Waals surface area contributed by atoms with Crippen molar-refractivity contribution in [3.8, 4) is 0 Å². The van der Waals surface area contributed by atoms with Crippen molar-refractivity contribution in [2.24, 2.45) is 5.41 Å². The Bertz CT molecular complexity index is 369. The van der Waals surface area contributed by atoms with Gasteiger partial charge in [-0.3, -0.25) is 0 Å². The quantitative estimate of drug-likeness (QED) is 0.749. The number of hydrogen-bond donors (Lipinski definition) is 0. The molecule has 1 aromatic rings. The lowest BCUT2D eigenvalue weighted by molar-refractivity contribution is 0.0945. The lowest BCUT2D eigenvalue weighted by atomic mass is 9.71. The zero-order valence-corrected chi connectivity index (χ0v) is 11.4. The SMILES string of the molecule is CN1CCC2(CC1)CCN(c1ccccc1)CC2. The van der Waals surface area contributed by atoms with Gasteiger partial charge < -0.3 is 9.80 Å². The van der Waals surface area contributed by atoms with Crippen LogP contribution in [0.3, 0.4) is 0 Å².